The second kappa shape index (κ2) is 5.60. The summed E-state index contributed by atoms with van der Waals surface area (Å²) in [7, 11) is 0. The van der Waals surface area contributed by atoms with Crippen LogP contribution in [0.5, 0.6) is 5.75 Å². The Morgan fingerprint density at radius 1 is 1.33 bits per heavy atom. The van der Waals surface area contributed by atoms with Crippen molar-refractivity contribution in [2.45, 2.75) is 25.3 Å². The van der Waals surface area contributed by atoms with Crippen LogP contribution in [0.15, 0.2) is 29.8 Å². The Labute approximate surface area is 122 Å². The maximum Gasteiger partial charge on any atom is 0.326 e. The van der Waals surface area contributed by atoms with Crippen LogP contribution in [0.4, 0.5) is 0 Å². The molecule has 1 aliphatic heterocycles. The number of rotatable bonds is 5. The minimum atomic E-state index is -0.979. The Balaban J connectivity index is 1.70. The second-order valence-electron chi connectivity index (χ2n) is 5.54. The van der Waals surface area contributed by atoms with E-state index in [0.29, 0.717) is 17.9 Å². The molecule has 1 saturated carbocycles. The normalized spacial score (nSPS) is 18.0. The van der Waals surface area contributed by atoms with Crippen LogP contribution >= 0.6 is 0 Å². The Kier molecular flexibility index (Phi) is 3.64. The van der Waals surface area contributed by atoms with Gasteiger partial charge in [-0.3, -0.25) is 4.79 Å². The van der Waals surface area contributed by atoms with Crippen LogP contribution in [0.2, 0.25) is 0 Å². The minimum absolute atomic E-state index is 0.165. The van der Waals surface area contributed by atoms with E-state index < -0.39 is 12.0 Å². The maximum absolute atomic E-state index is 12.2. The monoisotopic (exact) mass is 287 g/mol. The highest BCUT2D eigenvalue weighted by atomic mass is 16.5. The fourth-order valence-electron chi connectivity index (χ4n) is 2.41. The molecule has 1 atom stereocenters. The van der Waals surface area contributed by atoms with Gasteiger partial charge in [-0.1, -0.05) is 31.0 Å². The van der Waals surface area contributed by atoms with Crippen molar-refractivity contribution in [3.8, 4) is 5.75 Å². The lowest BCUT2D eigenvalue weighted by molar-refractivity contribution is -0.141. The zero-order valence-electron chi connectivity index (χ0n) is 11.5. The van der Waals surface area contributed by atoms with Crippen molar-refractivity contribution in [3.05, 3.63) is 35.4 Å². The summed E-state index contributed by atoms with van der Waals surface area (Å²) in [5.41, 5.74) is 1.29. The summed E-state index contributed by atoms with van der Waals surface area (Å²) in [6.45, 7) is 0.165. The molecule has 0 bridgehead atoms. The number of nitrogens with one attached hydrogen (secondary N) is 1. The molecule has 1 unspecified atom stereocenters. The van der Waals surface area contributed by atoms with Crippen molar-refractivity contribution in [2.75, 3.05) is 6.61 Å². The van der Waals surface area contributed by atoms with Gasteiger partial charge in [-0.15, -0.1) is 0 Å². The summed E-state index contributed by atoms with van der Waals surface area (Å²) >= 11 is 0. The molecule has 5 nitrogen and oxygen atoms in total. The molecule has 1 aromatic carbocycles. The van der Waals surface area contributed by atoms with Gasteiger partial charge in [-0.2, -0.15) is 0 Å². The van der Waals surface area contributed by atoms with Crippen LogP contribution in [0.1, 0.15) is 24.8 Å². The van der Waals surface area contributed by atoms with E-state index in [0.717, 1.165) is 24.2 Å². The third-order valence-corrected chi connectivity index (χ3v) is 3.79. The molecule has 0 aromatic heterocycles. The number of carboxylic acids is 1. The van der Waals surface area contributed by atoms with Crippen LogP contribution in [-0.4, -0.2) is 29.6 Å². The first-order chi connectivity index (χ1) is 10.1. The first-order valence-electron chi connectivity index (χ1n) is 7.09. The Hall–Kier alpha value is -2.30. The molecule has 1 aliphatic carbocycles. The van der Waals surface area contributed by atoms with Gasteiger partial charge in [0.25, 0.3) is 5.91 Å². The highest BCUT2D eigenvalue weighted by Gasteiger charge is 2.31. The summed E-state index contributed by atoms with van der Waals surface area (Å²) < 4.78 is 5.52. The Morgan fingerprint density at radius 3 is 2.81 bits per heavy atom. The van der Waals surface area contributed by atoms with Crippen molar-refractivity contribution >= 4 is 18.0 Å². The molecule has 2 aliphatic rings. The Morgan fingerprint density at radius 2 is 2.10 bits per heavy atom. The van der Waals surface area contributed by atoms with Crippen molar-refractivity contribution in [3.63, 3.8) is 0 Å². The first kappa shape index (κ1) is 13.7. The molecule has 3 rings (SSSR count). The highest BCUT2D eigenvalue weighted by molar-refractivity contribution is 6.00. The average Bonchev–Trinajstić information content (AvgIpc) is 3.30. The van der Waals surface area contributed by atoms with Crippen molar-refractivity contribution in [1.82, 2.24) is 5.32 Å². The number of hydrogen-bond acceptors (Lipinski definition) is 3. The molecule has 1 fully saturated rings. The summed E-state index contributed by atoms with van der Waals surface area (Å²) in [5.74, 6) is -0.170. The predicted octanol–water partition coefficient (Wildman–Crippen LogP) is 1.83. The molecular formula is C16H17NO4. The number of para-hydroxylation sites is 1. The van der Waals surface area contributed by atoms with E-state index in [4.69, 9.17) is 4.74 Å². The molecular weight excluding hydrogens is 270 g/mol. The lowest BCUT2D eigenvalue weighted by Crippen LogP contribution is -2.42. The van der Waals surface area contributed by atoms with Gasteiger partial charge >= 0.3 is 5.97 Å². The molecule has 0 radical (unpaired) electrons. The fraction of sp³-hybridized carbons (Fsp3) is 0.375. The predicted molar refractivity (Wildman–Crippen MR) is 76.8 cm³/mol. The molecule has 0 spiro atoms. The van der Waals surface area contributed by atoms with Gasteiger partial charge < -0.3 is 15.2 Å². The fourth-order valence-corrected chi connectivity index (χ4v) is 2.41. The number of benzene rings is 1. The largest absolute Gasteiger partial charge is 0.488 e. The number of carboxylic acid groups (broad SMARTS) is 1. The molecule has 2 N–H and O–H groups in total. The van der Waals surface area contributed by atoms with Gasteiger partial charge in [0.05, 0.1) is 5.57 Å². The van der Waals surface area contributed by atoms with Crippen LogP contribution in [0.25, 0.3) is 6.08 Å². The maximum atomic E-state index is 12.2. The van der Waals surface area contributed by atoms with Gasteiger partial charge in [0, 0.05) is 5.56 Å². The van der Waals surface area contributed by atoms with Crippen molar-refractivity contribution in [1.29, 1.82) is 0 Å². The lowest BCUT2D eigenvalue weighted by Gasteiger charge is -2.19. The number of hydrogen-bond donors (Lipinski definition) is 2. The number of amides is 1. The van der Waals surface area contributed by atoms with E-state index in [-0.39, 0.29) is 12.5 Å². The zero-order valence-corrected chi connectivity index (χ0v) is 11.5. The Bertz CT molecular complexity index is 604. The molecule has 1 heterocycles. The number of fused-ring (bicyclic) bond motifs is 1. The standard InChI is InChI=1S/C16H17NO4/c18-15(17-13(16(19)20)7-10-5-6-10)12-8-11-3-1-2-4-14(11)21-9-12/h1-4,8,10,13H,5-7,9H2,(H,17,18)(H,19,20). The second-order valence-corrected chi connectivity index (χ2v) is 5.54. The molecule has 5 heteroatoms. The number of carbonyl (C=O) groups excluding carboxylic acids is 1. The minimum Gasteiger partial charge on any atom is -0.488 e. The van der Waals surface area contributed by atoms with Crippen molar-refractivity contribution in [2.24, 2.45) is 5.92 Å². The highest BCUT2D eigenvalue weighted by Crippen LogP contribution is 2.33. The van der Waals surface area contributed by atoms with Crippen LogP contribution in [0, 0.1) is 5.92 Å². The number of aliphatic carboxylic acids is 1. The van der Waals surface area contributed by atoms with E-state index in [2.05, 4.69) is 5.32 Å². The molecule has 1 aromatic rings. The van der Waals surface area contributed by atoms with Gasteiger partial charge in [0.15, 0.2) is 0 Å². The summed E-state index contributed by atoms with van der Waals surface area (Å²) in [6.07, 6.45) is 4.37. The summed E-state index contributed by atoms with van der Waals surface area (Å²) in [4.78, 5) is 23.4. The van der Waals surface area contributed by atoms with Crippen LogP contribution in [-0.2, 0) is 9.59 Å². The van der Waals surface area contributed by atoms with Crippen LogP contribution < -0.4 is 10.1 Å². The zero-order chi connectivity index (χ0) is 14.8. The van der Waals surface area contributed by atoms with E-state index in [1.54, 1.807) is 6.08 Å². The van der Waals surface area contributed by atoms with E-state index in [9.17, 15) is 14.7 Å². The molecule has 1 amide bonds. The first-order valence-corrected chi connectivity index (χ1v) is 7.09. The smallest absolute Gasteiger partial charge is 0.326 e. The van der Waals surface area contributed by atoms with Crippen LogP contribution in [0.3, 0.4) is 0 Å². The van der Waals surface area contributed by atoms with Gasteiger partial charge in [-0.25, -0.2) is 4.79 Å². The quantitative estimate of drug-likeness (QED) is 0.866. The topological polar surface area (TPSA) is 75.6 Å². The molecule has 110 valence electrons. The van der Waals surface area contributed by atoms with E-state index in [1.807, 2.05) is 24.3 Å². The van der Waals surface area contributed by atoms with E-state index in [1.165, 1.54) is 0 Å². The van der Waals surface area contributed by atoms with E-state index >= 15 is 0 Å². The summed E-state index contributed by atoms with van der Waals surface area (Å²) in [5, 5.41) is 11.8. The number of ether oxygens (including phenoxy) is 1. The SMILES string of the molecule is O=C(NC(CC1CC1)C(=O)O)C1=Cc2ccccc2OC1. The lowest BCUT2D eigenvalue weighted by atomic mass is 10.1. The van der Waals surface area contributed by atoms with Gasteiger partial charge in [0.2, 0.25) is 0 Å². The van der Waals surface area contributed by atoms with Gasteiger partial charge in [0.1, 0.15) is 18.4 Å². The molecule has 0 saturated heterocycles. The third kappa shape index (κ3) is 3.24. The van der Waals surface area contributed by atoms with Gasteiger partial charge in [-0.05, 0) is 24.5 Å². The number of carbonyl (C=O) groups is 2. The third-order valence-electron chi connectivity index (χ3n) is 3.79. The molecule has 21 heavy (non-hydrogen) atoms. The summed E-state index contributed by atoms with van der Waals surface area (Å²) in [6, 6.07) is 6.62. The van der Waals surface area contributed by atoms with Crippen molar-refractivity contribution < 1.29 is 19.4 Å². The average molecular weight is 287 g/mol.